The van der Waals surface area contributed by atoms with Gasteiger partial charge in [0.15, 0.2) is 11.6 Å². The van der Waals surface area contributed by atoms with Gasteiger partial charge in [-0.3, -0.25) is 4.79 Å². The van der Waals surface area contributed by atoms with E-state index in [1.54, 1.807) is 6.33 Å². The summed E-state index contributed by atoms with van der Waals surface area (Å²) in [5, 5.41) is 9.11. The Labute approximate surface area is 135 Å². The van der Waals surface area contributed by atoms with Gasteiger partial charge in [0.2, 0.25) is 0 Å². The minimum atomic E-state index is -0.710. The molecule has 0 aliphatic carbocycles. The van der Waals surface area contributed by atoms with E-state index in [9.17, 15) is 4.79 Å². The van der Waals surface area contributed by atoms with Crippen LogP contribution in [0, 0.1) is 5.92 Å². The molecular formula is C15H24N6O2. The van der Waals surface area contributed by atoms with Crippen LogP contribution < -0.4 is 15.5 Å². The van der Waals surface area contributed by atoms with Gasteiger partial charge < -0.3 is 25.5 Å². The summed E-state index contributed by atoms with van der Waals surface area (Å²) >= 11 is 0. The Balaban J connectivity index is 1.74. The summed E-state index contributed by atoms with van der Waals surface area (Å²) in [5.41, 5.74) is 6.94. The summed E-state index contributed by atoms with van der Waals surface area (Å²) < 4.78 is 0. The van der Waals surface area contributed by atoms with Gasteiger partial charge in [0, 0.05) is 39.3 Å². The Kier molecular flexibility index (Phi) is 4.51. The van der Waals surface area contributed by atoms with E-state index in [4.69, 9.17) is 10.8 Å². The van der Waals surface area contributed by atoms with Crippen molar-refractivity contribution < 1.29 is 9.90 Å². The van der Waals surface area contributed by atoms with Crippen LogP contribution in [0.3, 0.4) is 0 Å². The smallest absolute Gasteiger partial charge is 0.306 e. The van der Waals surface area contributed by atoms with Crippen LogP contribution in [0.2, 0.25) is 0 Å². The monoisotopic (exact) mass is 320 g/mol. The Hall–Kier alpha value is -2.09. The molecule has 0 amide bonds. The first kappa shape index (κ1) is 15.8. The molecular weight excluding hydrogens is 296 g/mol. The Morgan fingerprint density at radius 2 is 1.61 bits per heavy atom. The number of aliphatic carboxylic acids is 1. The second kappa shape index (κ2) is 6.57. The fourth-order valence-corrected chi connectivity index (χ4v) is 3.24. The number of aromatic nitrogens is 2. The Morgan fingerprint density at radius 1 is 1.09 bits per heavy atom. The molecule has 2 fully saturated rings. The van der Waals surface area contributed by atoms with Crippen LogP contribution in [0.25, 0.3) is 0 Å². The number of likely N-dealkylation sites (N-methyl/N-ethyl adjacent to an activating group) is 1. The van der Waals surface area contributed by atoms with Crippen LogP contribution in [-0.2, 0) is 4.79 Å². The minimum absolute atomic E-state index is 0.258. The molecule has 8 nitrogen and oxygen atoms in total. The van der Waals surface area contributed by atoms with Crippen molar-refractivity contribution in [3.8, 4) is 0 Å². The molecule has 0 bridgehead atoms. The third-order valence-electron chi connectivity index (χ3n) is 4.79. The lowest BCUT2D eigenvalue weighted by molar-refractivity contribution is -0.142. The molecule has 0 atom stereocenters. The zero-order chi connectivity index (χ0) is 16.4. The number of anilines is 3. The second-order valence-electron chi connectivity index (χ2n) is 6.32. The van der Waals surface area contributed by atoms with Crippen molar-refractivity contribution in [3.05, 3.63) is 6.33 Å². The molecule has 0 unspecified atom stereocenters. The predicted octanol–water partition coefficient (Wildman–Crippen LogP) is 0.112. The van der Waals surface area contributed by atoms with Crippen molar-refractivity contribution in [1.82, 2.24) is 14.9 Å². The van der Waals surface area contributed by atoms with E-state index < -0.39 is 5.97 Å². The predicted molar refractivity (Wildman–Crippen MR) is 88.7 cm³/mol. The van der Waals surface area contributed by atoms with Crippen LogP contribution in [0.4, 0.5) is 17.3 Å². The van der Waals surface area contributed by atoms with Crippen LogP contribution in [0.15, 0.2) is 6.33 Å². The molecule has 2 saturated heterocycles. The first-order chi connectivity index (χ1) is 11.1. The average molecular weight is 320 g/mol. The van der Waals surface area contributed by atoms with E-state index in [-0.39, 0.29) is 5.92 Å². The van der Waals surface area contributed by atoms with Gasteiger partial charge in [0.05, 0.1) is 5.92 Å². The summed E-state index contributed by atoms with van der Waals surface area (Å²) in [6, 6.07) is 0. The number of carboxylic acids is 1. The van der Waals surface area contributed by atoms with E-state index in [0.29, 0.717) is 31.6 Å². The number of rotatable bonds is 3. The molecule has 0 aromatic carbocycles. The van der Waals surface area contributed by atoms with Gasteiger partial charge in [0.1, 0.15) is 12.0 Å². The molecule has 1 aromatic heterocycles. The van der Waals surface area contributed by atoms with Crippen LogP contribution >= 0.6 is 0 Å². The molecule has 23 heavy (non-hydrogen) atoms. The lowest BCUT2D eigenvalue weighted by atomic mass is 9.97. The van der Waals surface area contributed by atoms with Crippen LogP contribution in [-0.4, -0.2) is 72.3 Å². The third kappa shape index (κ3) is 3.31. The molecule has 8 heteroatoms. The fourth-order valence-electron chi connectivity index (χ4n) is 3.24. The highest BCUT2D eigenvalue weighted by Gasteiger charge is 2.27. The normalized spacial score (nSPS) is 20.7. The summed E-state index contributed by atoms with van der Waals surface area (Å²) in [6.45, 7) is 5.11. The topological polar surface area (TPSA) is 98.8 Å². The molecule has 1 aromatic rings. The molecule has 2 aliphatic heterocycles. The van der Waals surface area contributed by atoms with Gasteiger partial charge in [-0.25, -0.2) is 9.97 Å². The van der Waals surface area contributed by atoms with Crippen LogP contribution in [0.1, 0.15) is 12.8 Å². The lowest BCUT2D eigenvalue weighted by Crippen LogP contribution is -2.45. The Bertz CT molecular complexity index is 565. The molecule has 3 heterocycles. The van der Waals surface area contributed by atoms with E-state index in [0.717, 1.165) is 37.8 Å². The lowest BCUT2D eigenvalue weighted by Gasteiger charge is -2.35. The first-order valence-electron chi connectivity index (χ1n) is 8.08. The number of carboxylic acid groups (broad SMARTS) is 1. The van der Waals surface area contributed by atoms with Crippen molar-refractivity contribution in [2.24, 2.45) is 5.92 Å². The van der Waals surface area contributed by atoms with E-state index >= 15 is 0 Å². The summed E-state index contributed by atoms with van der Waals surface area (Å²) in [7, 11) is 2.11. The highest BCUT2D eigenvalue weighted by atomic mass is 16.4. The number of piperidine rings is 1. The fraction of sp³-hybridized carbons (Fsp3) is 0.667. The zero-order valence-corrected chi connectivity index (χ0v) is 13.5. The SMILES string of the molecule is CN1CCN(c2ncnc(N3CCC(C(=O)O)CC3)c2N)CC1. The largest absolute Gasteiger partial charge is 0.481 e. The van der Waals surface area contributed by atoms with Gasteiger partial charge in [-0.2, -0.15) is 0 Å². The molecule has 0 spiro atoms. The minimum Gasteiger partial charge on any atom is -0.481 e. The van der Waals surface area contributed by atoms with Gasteiger partial charge in [0.25, 0.3) is 0 Å². The highest BCUT2D eigenvalue weighted by Crippen LogP contribution is 2.31. The third-order valence-corrected chi connectivity index (χ3v) is 4.79. The molecule has 0 saturated carbocycles. The van der Waals surface area contributed by atoms with Crippen molar-refractivity contribution in [2.75, 3.05) is 61.8 Å². The van der Waals surface area contributed by atoms with Gasteiger partial charge in [-0.05, 0) is 19.9 Å². The number of carbonyl (C=O) groups is 1. The number of piperazine rings is 1. The zero-order valence-electron chi connectivity index (χ0n) is 13.5. The van der Waals surface area contributed by atoms with Crippen molar-refractivity contribution in [2.45, 2.75) is 12.8 Å². The average Bonchev–Trinajstić information content (AvgIpc) is 2.56. The highest BCUT2D eigenvalue weighted by molar-refractivity contribution is 5.76. The van der Waals surface area contributed by atoms with Crippen molar-refractivity contribution in [3.63, 3.8) is 0 Å². The number of nitrogens with two attached hydrogens (primary N) is 1. The van der Waals surface area contributed by atoms with E-state index in [2.05, 4.69) is 31.7 Å². The van der Waals surface area contributed by atoms with Crippen LogP contribution in [0.5, 0.6) is 0 Å². The van der Waals surface area contributed by atoms with Crippen molar-refractivity contribution >= 4 is 23.3 Å². The van der Waals surface area contributed by atoms with E-state index in [1.165, 1.54) is 0 Å². The summed E-state index contributed by atoms with van der Waals surface area (Å²) in [4.78, 5) is 26.4. The first-order valence-corrected chi connectivity index (χ1v) is 8.08. The number of nitrogens with zero attached hydrogens (tertiary/aromatic N) is 5. The maximum Gasteiger partial charge on any atom is 0.306 e. The van der Waals surface area contributed by atoms with Gasteiger partial charge in [-0.15, -0.1) is 0 Å². The number of hydrogen-bond donors (Lipinski definition) is 2. The molecule has 3 N–H and O–H groups in total. The number of hydrogen-bond acceptors (Lipinski definition) is 7. The standard InChI is InChI=1S/C15H24N6O2/c1-19-6-8-21(9-7-19)14-12(16)13(17-10-18-14)20-4-2-11(3-5-20)15(22)23/h10-11H,2-9,16H2,1H3,(H,22,23). The summed E-state index contributed by atoms with van der Waals surface area (Å²) in [6.07, 6.45) is 2.81. The van der Waals surface area contributed by atoms with Crippen molar-refractivity contribution in [1.29, 1.82) is 0 Å². The second-order valence-corrected chi connectivity index (χ2v) is 6.32. The quantitative estimate of drug-likeness (QED) is 0.810. The maximum atomic E-state index is 11.1. The number of nitrogen functional groups attached to an aromatic ring is 1. The Morgan fingerprint density at radius 3 is 2.13 bits per heavy atom. The van der Waals surface area contributed by atoms with Gasteiger partial charge >= 0.3 is 5.97 Å². The molecule has 3 rings (SSSR count). The molecule has 0 radical (unpaired) electrons. The molecule has 2 aliphatic rings. The summed E-state index contributed by atoms with van der Waals surface area (Å²) in [5.74, 6) is 0.561. The van der Waals surface area contributed by atoms with Gasteiger partial charge in [-0.1, -0.05) is 0 Å². The molecule has 126 valence electrons. The van der Waals surface area contributed by atoms with E-state index in [1.807, 2.05) is 0 Å². The maximum absolute atomic E-state index is 11.1.